The SMILES string of the molecule is CCN(C(=O)C(=O)Nc1cc(Cl)ccc1OC)C(C)(C)C. The highest BCUT2D eigenvalue weighted by molar-refractivity contribution is 6.40. The van der Waals surface area contributed by atoms with Crippen molar-refractivity contribution < 1.29 is 14.3 Å². The maximum Gasteiger partial charge on any atom is 0.314 e. The third kappa shape index (κ3) is 4.36. The van der Waals surface area contributed by atoms with Gasteiger partial charge in [-0.15, -0.1) is 0 Å². The number of carbonyl (C=O) groups excluding carboxylic acids is 2. The minimum atomic E-state index is -0.715. The number of hydrogen-bond donors (Lipinski definition) is 1. The average molecular weight is 313 g/mol. The van der Waals surface area contributed by atoms with Crippen molar-refractivity contribution in [3.05, 3.63) is 23.2 Å². The summed E-state index contributed by atoms with van der Waals surface area (Å²) in [4.78, 5) is 25.9. The van der Waals surface area contributed by atoms with Gasteiger partial charge in [0.1, 0.15) is 5.75 Å². The van der Waals surface area contributed by atoms with E-state index in [4.69, 9.17) is 16.3 Å². The van der Waals surface area contributed by atoms with Crippen LogP contribution in [0.4, 0.5) is 5.69 Å². The number of ether oxygens (including phenoxy) is 1. The van der Waals surface area contributed by atoms with Gasteiger partial charge in [0.15, 0.2) is 0 Å². The van der Waals surface area contributed by atoms with E-state index in [1.165, 1.54) is 12.0 Å². The summed E-state index contributed by atoms with van der Waals surface area (Å²) in [6.07, 6.45) is 0. The molecule has 1 N–H and O–H groups in total. The van der Waals surface area contributed by atoms with Gasteiger partial charge >= 0.3 is 11.8 Å². The molecule has 0 aliphatic carbocycles. The molecule has 1 aromatic rings. The molecule has 1 rings (SSSR count). The fourth-order valence-electron chi connectivity index (χ4n) is 2.00. The molecule has 0 fully saturated rings. The summed E-state index contributed by atoms with van der Waals surface area (Å²) in [7, 11) is 1.48. The monoisotopic (exact) mass is 312 g/mol. The van der Waals surface area contributed by atoms with Crippen molar-refractivity contribution >= 4 is 29.1 Å². The first-order chi connectivity index (χ1) is 9.70. The maximum absolute atomic E-state index is 12.2. The van der Waals surface area contributed by atoms with E-state index in [0.717, 1.165) is 0 Å². The van der Waals surface area contributed by atoms with Gasteiger partial charge in [-0.25, -0.2) is 0 Å². The fraction of sp³-hybridized carbons (Fsp3) is 0.467. The van der Waals surface area contributed by atoms with Crippen LogP contribution >= 0.6 is 11.6 Å². The lowest BCUT2D eigenvalue weighted by Gasteiger charge is -2.34. The number of methoxy groups -OCH3 is 1. The number of nitrogens with zero attached hydrogens (tertiary/aromatic N) is 1. The van der Waals surface area contributed by atoms with Gasteiger partial charge in [-0.3, -0.25) is 9.59 Å². The highest BCUT2D eigenvalue weighted by atomic mass is 35.5. The number of likely N-dealkylation sites (N-methyl/N-ethyl adjacent to an activating group) is 1. The van der Waals surface area contributed by atoms with Gasteiger partial charge in [0.2, 0.25) is 0 Å². The van der Waals surface area contributed by atoms with Gasteiger partial charge in [-0.2, -0.15) is 0 Å². The summed E-state index contributed by atoms with van der Waals surface area (Å²) in [6.45, 7) is 7.91. The lowest BCUT2D eigenvalue weighted by Crippen LogP contribution is -2.49. The van der Waals surface area contributed by atoms with Crippen LogP contribution in [0.3, 0.4) is 0 Å². The molecular weight excluding hydrogens is 292 g/mol. The van der Waals surface area contributed by atoms with Crippen molar-refractivity contribution in [2.24, 2.45) is 0 Å². The lowest BCUT2D eigenvalue weighted by atomic mass is 10.1. The van der Waals surface area contributed by atoms with Crippen LogP contribution in [0.5, 0.6) is 5.75 Å². The first-order valence-corrected chi connectivity index (χ1v) is 7.05. The Morgan fingerprint density at radius 2 is 1.95 bits per heavy atom. The van der Waals surface area contributed by atoms with Crippen molar-refractivity contribution in [3.63, 3.8) is 0 Å². The van der Waals surface area contributed by atoms with Crippen LogP contribution < -0.4 is 10.1 Å². The molecule has 0 unspecified atom stereocenters. The molecule has 0 bridgehead atoms. The number of amides is 2. The van der Waals surface area contributed by atoms with Crippen molar-refractivity contribution in [1.29, 1.82) is 0 Å². The molecule has 0 radical (unpaired) electrons. The highest BCUT2D eigenvalue weighted by Crippen LogP contribution is 2.27. The molecule has 0 heterocycles. The summed E-state index contributed by atoms with van der Waals surface area (Å²) >= 11 is 5.90. The molecule has 0 aliphatic heterocycles. The molecule has 0 aromatic heterocycles. The zero-order valence-electron chi connectivity index (χ0n) is 13.0. The smallest absolute Gasteiger partial charge is 0.314 e. The van der Waals surface area contributed by atoms with E-state index in [2.05, 4.69) is 5.32 Å². The average Bonchev–Trinajstić information content (AvgIpc) is 2.38. The molecule has 0 spiro atoms. The van der Waals surface area contributed by atoms with Gasteiger partial charge in [-0.05, 0) is 45.9 Å². The van der Waals surface area contributed by atoms with E-state index in [1.807, 2.05) is 27.7 Å². The quantitative estimate of drug-likeness (QED) is 0.873. The Morgan fingerprint density at radius 1 is 1.33 bits per heavy atom. The van der Waals surface area contributed by atoms with E-state index in [0.29, 0.717) is 23.0 Å². The van der Waals surface area contributed by atoms with Crippen LogP contribution in [0.15, 0.2) is 18.2 Å². The van der Waals surface area contributed by atoms with Crippen molar-refractivity contribution in [2.75, 3.05) is 19.0 Å². The normalized spacial score (nSPS) is 11.0. The molecule has 0 saturated carbocycles. The maximum atomic E-state index is 12.2. The van der Waals surface area contributed by atoms with E-state index in [1.54, 1.807) is 18.2 Å². The van der Waals surface area contributed by atoms with Gasteiger partial charge in [-0.1, -0.05) is 11.6 Å². The van der Waals surface area contributed by atoms with Crippen LogP contribution in [0, 0.1) is 0 Å². The number of rotatable bonds is 3. The van der Waals surface area contributed by atoms with Crippen LogP contribution in [0.25, 0.3) is 0 Å². The summed E-state index contributed by atoms with van der Waals surface area (Å²) < 4.78 is 5.14. The fourth-order valence-corrected chi connectivity index (χ4v) is 2.17. The van der Waals surface area contributed by atoms with Gasteiger partial charge in [0.05, 0.1) is 12.8 Å². The number of hydrogen-bond acceptors (Lipinski definition) is 3. The van der Waals surface area contributed by atoms with E-state index in [9.17, 15) is 9.59 Å². The van der Waals surface area contributed by atoms with Crippen LogP contribution in [0.2, 0.25) is 5.02 Å². The third-order valence-electron chi connectivity index (χ3n) is 2.98. The van der Waals surface area contributed by atoms with Crippen LogP contribution in [-0.2, 0) is 9.59 Å². The number of carbonyl (C=O) groups is 2. The summed E-state index contributed by atoms with van der Waals surface area (Å²) in [6, 6.07) is 4.81. The molecule has 1 aromatic carbocycles. The second kappa shape index (κ2) is 6.80. The molecule has 2 amide bonds. The van der Waals surface area contributed by atoms with Crippen LogP contribution in [0.1, 0.15) is 27.7 Å². The number of anilines is 1. The minimum Gasteiger partial charge on any atom is -0.495 e. The summed E-state index contributed by atoms with van der Waals surface area (Å²) in [5.74, 6) is -0.862. The Labute approximate surface area is 130 Å². The van der Waals surface area contributed by atoms with E-state index < -0.39 is 17.4 Å². The number of benzene rings is 1. The molecule has 6 heteroatoms. The van der Waals surface area contributed by atoms with Crippen molar-refractivity contribution in [1.82, 2.24) is 4.90 Å². The Balaban J connectivity index is 2.96. The molecule has 21 heavy (non-hydrogen) atoms. The molecule has 116 valence electrons. The van der Waals surface area contributed by atoms with E-state index >= 15 is 0 Å². The Hall–Kier alpha value is -1.75. The first-order valence-electron chi connectivity index (χ1n) is 6.67. The number of nitrogens with one attached hydrogen (secondary N) is 1. The molecule has 0 saturated heterocycles. The van der Waals surface area contributed by atoms with E-state index in [-0.39, 0.29) is 0 Å². The Kier molecular flexibility index (Phi) is 5.61. The Bertz CT molecular complexity index is 538. The first kappa shape index (κ1) is 17.3. The summed E-state index contributed by atoms with van der Waals surface area (Å²) in [5.41, 5.74) is -0.0602. The molecular formula is C15H21ClN2O3. The third-order valence-corrected chi connectivity index (χ3v) is 3.21. The predicted molar refractivity (Wildman–Crippen MR) is 83.8 cm³/mol. The molecule has 0 atom stereocenters. The van der Waals surface area contributed by atoms with Crippen molar-refractivity contribution in [2.45, 2.75) is 33.2 Å². The van der Waals surface area contributed by atoms with Gasteiger partial charge in [0, 0.05) is 17.1 Å². The number of halogens is 1. The largest absolute Gasteiger partial charge is 0.495 e. The topological polar surface area (TPSA) is 58.6 Å². The van der Waals surface area contributed by atoms with Gasteiger partial charge in [0.25, 0.3) is 0 Å². The van der Waals surface area contributed by atoms with Gasteiger partial charge < -0.3 is 15.0 Å². The standard InChI is InChI=1S/C15H21ClN2O3/c1-6-18(15(2,3)4)14(20)13(19)17-11-9-10(16)7-8-12(11)21-5/h7-9H,6H2,1-5H3,(H,17,19). The highest BCUT2D eigenvalue weighted by Gasteiger charge is 2.30. The second-order valence-electron chi connectivity index (χ2n) is 5.52. The van der Waals surface area contributed by atoms with Crippen molar-refractivity contribution in [3.8, 4) is 5.75 Å². The van der Waals surface area contributed by atoms with Crippen LogP contribution in [-0.4, -0.2) is 35.9 Å². The molecule has 5 nitrogen and oxygen atoms in total. The minimum absolute atomic E-state index is 0.369. The second-order valence-corrected chi connectivity index (χ2v) is 5.96. The predicted octanol–water partition coefficient (Wildman–Crippen LogP) is 2.93. The molecule has 0 aliphatic rings. The summed E-state index contributed by atoms with van der Waals surface area (Å²) in [5, 5.41) is 3.00. The zero-order valence-corrected chi connectivity index (χ0v) is 13.7. The Morgan fingerprint density at radius 3 is 2.43 bits per heavy atom. The lowest BCUT2D eigenvalue weighted by molar-refractivity contribution is -0.146. The zero-order chi connectivity index (χ0) is 16.2.